The average molecular weight is 226 g/mol. The molecule has 1 unspecified atom stereocenters. The Morgan fingerprint density at radius 2 is 2.00 bits per heavy atom. The molecule has 1 saturated heterocycles. The van der Waals surface area contributed by atoms with Crippen molar-refractivity contribution in [1.82, 2.24) is 0 Å². The van der Waals surface area contributed by atoms with E-state index in [4.69, 9.17) is 4.74 Å². The lowest BCUT2D eigenvalue weighted by Crippen LogP contribution is -2.22. The highest BCUT2D eigenvalue weighted by Gasteiger charge is 2.29. The van der Waals surface area contributed by atoms with E-state index in [0.29, 0.717) is 19.6 Å². The zero-order chi connectivity index (χ0) is 10.7. The predicted octanol–water partition coefficient (Wildman–Crippen LogP) is 1.39. The summed E-state index contributed by atoms with van der Waals surface area (Å²) < 4.78 is 28.9. The molecule has 0 saturated carbocycles. The van der Waals surface area contributed by atoms with E-state index in [1.165, 1.54) is 0 Å². The Kier molecular flexibility index (Phi) is 3.07. The third-order valence-corrected chi connectivity index (χ3v) is 4.73. The normalized spacial score (nSPS) is 21.7. The van der Waals surface area contributed by atoms with Gasteiger partial charge in [0, 0.05) is 6.61 Å². The van der Waals surface area contributed by atoms with E-state index >= 15 is 0 Å². The van der Waals surface area contributed by atoms with Gasteiger partial charge in [-0.25, -0.2) is 8.42 Å². The summed E-state index contributed by atoms with van der Waals surface area (Å²) in [7, 11) is -3.04. The molecule has 15 heavy (non-hydrogen) atoms. The summed E-state index contributed by atoms with van der Waals surface area (Å²) in [5.41, 5.74) is 0.851. The van der Waals surface area contributed by atoms with E-state index in [2.05, 4.69) is 0 Å². The molecule has 0 amide bonds. The van der Waals surface area contributed by atoms with Crippen molar-refractivity contribution in [3.8, 4) is 0 Å². The van der Waals surface area contributed by atoms with Crippen LogP contribution in [0.15, 0.2) is 30.3 Å². The van der Waals surface area contributed by atoms with Crippen LogP contribution in [0.25, 0.3) is 0 Å². The number of rotatable bonds is 3. The third kappa shape index (κ3) is 2.58. The standard InChI is InChI=1S/C11H14O3S/c12-15(13,11-6-7-14-8-11)9-10-4-2-1-3-5-10/h1-5,11H,6-9H2. The van der Waals surface area contributed by atoms with Crippen molar-refractivity contribution in [3.05, 3.63) is 35.9 Å². The minimum atomic E-state index is -3.04. The van der Waals surface area contributed by atoms with Crippen LogP contribution in [0.5, 0.6) is 0 Å². The molecule has 1 heterocycles. The second-order valence-electron chi connectivity index (χ2n) is 3.78. The van der Waals surface area contributed by atoms with Gasteiger partial charge in [0.15, 0.2) is 9.84 Å². The van der Waals surface area contributed by atoms with Gasteiger partial charge in [-0.3, -0.25) is 0 Å². The van der Waals surface area contributed by atoms with E-state index in [1.54, 1.807) is 0 Å². The van der Waals surface area contributed by atoms with Crippen molar-refractivity contribution in [3.63, 3.8) is 0 Å². The average Bonchev–Trinajstić information content (AvgIpc) is 2.71. The first-order valence-electron chi connectivity index (χ1n) is 5.02. The molecule has 0 radical (unpaired) electrons. The number of sulfone groups is 1. The van der Waals surface area contributed by atoms with E-state index in [-0.39, 0.29) is 11.0 Å². The number of hydrogen-bond acceptors (Lipinski definition) is 3. The van der Waals surface area contributed by atoms with Gasteiger partial charge in [-0.2, -0.15) is 0 Å². The van der Waals surface area contributed by atoms with E-state index in [0.717, 1.165) is 5.56 Å². The lowest BCUT2D eigenvalue weighted by Gasteiger charge is -2.09. The van der Waals surface area contributed by atoms with Crippen molar-refractivity contribution in [1.29, 1.82) is 0 Å². The van der Waals surface area contributed by atoms with Gasteiger partial charge in [-0.15, -0.1) is 0 Å². The van der Waals surface area contributed by atoms with Crippen LogP contribution in [0.4, 0.5) is 0 Å². The largest absolute Gasteiger partial charge is 0.380 e. The Morgan fingerprint density at radius 1 is 1.27 bits per heavy atom. The molecule has 0 N–H and O–H groups in total. The molecular formula is C11H14O3S. The van der Waals surface area contributed by atoms with Gasteiger partial charge in [0.25, 0.3) is 0 Å². The van der Waals surface area contributed by atoms with Gasteiger partial charge < -0.3 is 4.74 Å². The van der Waals surface area contributed by atoms with Gasteiger partial charge in [-0.1, -0.05) is 30.3 Å². The van der Waals surface area contributed by atoms with Crippen LogP contribution < -0.4 is 0 Å². The second kappa shape index (κ2) is 4.33. The zero-order valence-corrected chi connectivity index (χ0v) is 9.24. The van der Waals surface area contributed by atoms with Crippen molar-refractivity contribution >= 4 is 9.84 Å². The van der Waals surface area contributed by atoms with E-state index in [9.17, 15) is 8.42 Å². The molecule has 1 atom stereocenters. The molecule has 3 nitrogen and oxygen atoms in total. The molecule has 1 aromatic rings. The maximum atomic E-state index is 11.9. The maximum absolute atomic E-state index is 11.9. The Balaban J connectivity index is 2.11. The summed E-state index contributed by atoms with van der Waals surface area (Å²) in [5.74, 6) is 0.127. The summed E-state index contributed by atoms with van der Waals surface area (Å²) in [4.78, 5) is 0. The van der Waals surface area contributed by atoms with Crippen LogP contribution in [0.2, 0.25) is 0 Å². The SMILES string of the molecule is O=S(=O)(Cc1ccccc1)C1CCOC1. The smallest absolute Gasteiger partial charge is 0.159 e. The highest BCUT2D eigenvalue weighted by molar-refractivity contribution is 7.91. The summed E-state index contributed by atoms with van der Waals surface area (Å²) in [5, 5.41) is -0.308. The molecule has 1 fully saturated rings. The summed E-state index contributed by atoms with van der Waals surface area (Å²) >= 11 is 0. The van der Waals surface area contributed by atoms with Gasteiger partial charge in [0.1, 0.15) is 0 Å². The van der Waals surface area contributed by atoms with Crippen molar-refractivity contribution < 1.29 is 13.2 Å². The Hall–Kier alpha value is -0.870. The molecule has 1 aliphatic heterocycles. The second-order valence-corrected chi connectivity index (χ2v) is 6.06. The molecule has 2 rings (SSSR count). The Morgan fingerprint density at radius 3 is 2.60 bits per heavy atom. The molecule has 1 aliphatic rings. The van der Waals surface area contributed by atoms with Gasteiger partial charge >= 0.3 is 0 Å². The monoisotopic (exact) mass is 226 g/mol. The van der Waals surface area contributed by atoms with Crippen LogP contribution in [0.1, 0.15) is 12.0 Å². The fourth-order valence-corrected chi connectivity index (χ4v) is 3.37. The van der Waals surface area contributed by atoms with Gasteiger partial charge in [0.05, 0.1) is 17.6 Å². The summed E-state index contributed by atoms with van der Waals surface area (Å²) in [6.45, 7) is 0.924. The number of benzene rings is 1. The number of ether oxygens (including phenoxy) is 1. The van der Waals surface area contributed by atoms with Crippen LogP contribution in [-0.2, 0) is 20.3 Å². The minimum Gasteiger partial charge on any atom is -0.380 e. The van der Waals surface area contributed by atoms with Crippen molar-refractivity contribution in [2.75, 3.05) is 13.2 Å². The Bertz CT molecular complexity index is 405. The quantitative estimate of drug-likeness (QED) is 0.782. The minimum absolute atomic E-state index is 0.127. The molecule has 4 heteroatoms. The first-order valence-corrected chi connectivity index (χ1v) is 6.73. The molecule has 82 valence electrons. The molecular weight excluding hydrogens is 212 g/mol. The predicted molar refractivity (Wildman–Crippen MR) is 58.3 cm³/mol. The molecule has 1 aromatic carbocycles. The van der Waals surface area contributed by atoms with Crippen LogP contribution in [-0.4, -0.2) is 26.9 Å². The Labute approximate surface area is 90.0 Å². The first-order chi connectivity index (χ1) is 7.18. The fourth-order valence-electron chi connectivity index (χ4n) is 1.72. The van der Waals surface area contributed by atoms with Gasteiger partial charge in [-0.05, 0) is 12.0 Å². The highest BCUT2D eigenvalue weighted by Crippen LogP contribution is 2.18. The van der Waals surface area contributed by atoms with Crippen molar-refractivity contribution in [2.24, 2.45) is 0 Å². The van der Waals surface area contributed by atoms with Crippen LogP contribution >= 0.6 is 0 Å². The molecule has 0 spiro atoms. The topological polar surface area (TPSA) is 43.4 Å². The first kappa shape index (κ1) is 10.6. The van der Waals surface area contributed by atoms with Crippen LogP contribution in [0.3, 0.4) is 0 Å². The fraction of sp³-hybridized carbons (Fsp3) is 0.455. The zero-order valence-electron chi connectivity index (χ0n) is 8.43. The lowest BCUT2D eigenvalue weighted by atomic mass is 10.2. The third-order valence-electron chi connectivity index (χ3n) is 2.61. The molecule has 0 bridgehead atoms. The van der Waals surface area contributed by atoms with E-state index in [1.807, 2.05) is 30.3 Å². The molecule has 0 aliphatic carbocycles. The lowest BCUT2D eigenvalue weighted by molar-refractivity contribution is 0.198. The van der Waals surface area contributed by atoms with Crippen molar-refractivity contribution in [2.45, 2.75) is 17.4 Å². The van der Waals surface area contributed by atoms with E-state index < -0.39 is 9.84 Å². The highest BCUT2D eigenvalue weighted by atomic mass is 32.2. The maximum Gasteiger partial charge on any atom is 0.159 e. The summed E-state index contributed by atoms with van der Waals surface area (Å²) in [6.07, 6.45) is 0.634. The molecule has 0 aromatic heterocycles. The van der Waals surface area contributed by atoms with Gasteiger partial charge in [0.2, 0.25) is 0 Å². The van der Waals surface area contributed by atoms with Crippen LogP contribution in [0, 0.1) is 0 Å². The summed E-state index contributed by atoms with van der Waals surface area (Å²) in [6, 6.07) is 9.28. The number of hydrogen-bond donors (Lipinski definition) is 0.